The third-order valence-corrected chi connectivity index (χ3v) is 4.92. The third-order valence-electron chi connectivity index (χ3n) is 3.82. The van der Waals surface area contributed by atoms with Gasteiger partial charge in [-0.05, 0) is 25.1 Å². The number of thiazole rings is 1. The molecule has 2 aromatic carbocycles. The number of halogens is 1. The minimum Gasteiger partial charge on any atom is -0.288 e. The normalized spacial score (nSPS) is 13.0. The van der Waals surface area contributed by atoms with Crippen molar-refractivity contribution in [1.29, 1.82) is 0 Å². The van der Waals surface area contributed by atoms with E-state index in [9.17, 15) is 14.0 Å². The summed E-state index contributed by atoms with van der Waals surface area (Å²) < 4.78 is 13.4. The lowest BCUT2D eigenvalue weighted by molar-refractivity contribution is 0.0979. The maximum Gasteiger partial charge on any atom is 0.213 e. The molecule has 0 unspecified atom stereocenters. The molecule has 0 aliphatic heterocycles. The predicted octanol–water partition coefficient (Wildman–Crippen LogP) is 4.03. The van der Waals surface area contributed by atoms with Crippen molar-refractivity contribution in [3.63, 3.8) is 0 Å². The molecule has 0 fully saturated rings. The first kappa shape index (κ1) is 14.0. The van der Waals surface area contributed by atoms with E-state index in [0.29, 0.717) is 9.88 Å². The summed E-state index contributed by atoms with van der Waals surface area (Å²) in [5.41, 5.74) is 2.41. The van der Waals surface area contributed by atoms with Crippen LogP contribution in [0, 0.1) is 12.7 Å². The van der Waals surface area contributed by atoms with Gasteiger partial charge < -0.3 is 0 Å². The van der Waals surface area contributed by atoms with Crippen molar-refractivity contribution < 1.29 is 14.0 Å². The first-order valence-corrected chi connectivity index (χ1v) is 7.83. The minimum atomic E-state index is -0.540. The second-order valence-electron chi connectivity index (χ2n) is 5.41. The molecule has 0 radical (unpaired) electrons. The second kappa shape index (κ2) is 4.93. The zero-order valence-electron chi connectivity index (χ0n) is 12.1. The fourth-order valence-corrected chi connectivity index (χ4v) is 3.62. The van der Waals surface area contributed by atoms with Crippen molar-refractivity contribution in [1.82, 2.24) is 4.98 Å². The molecule has 112 valence electrons. The van der Waals surface area contributed by atoms with E-state index in [2.05, 4.69) is 4.98 Å². The van der Waals surface area contributed by atoms with Crippen molar-refractivity contribution in [3.8, 4) is 10.6 Å². The summed E-state index contributed by atoms with van der Waals surface area (Å²) in [6.45, 7) is 1.98. The molecule has 0 saturated heterocycles. The van der Waals surface area contributed by atoms with E-state index < -0.39 is 11.6 Å². The van der Waals surface area contributed by atoms with Gasteiger partial charge >= 0.3 is 0 Å². The third kappa shape index (κ3) is 2.12. The summed E-state index contributed by atoms with van der Waals surface area (Å²) in [6.07, 6.45) is 0. The molecule has 3 nitrogen and oxygen atoms in total. The van der Waals surface area contributed by atoms with Crippen LogP contribution in [-0.2, 0) is 0 Å². The number of hydrogen-bond donors (Lipinski definition) is 0. The van der Waals surface area contributed by atoms with Crippen molar-refractivity contribution in [2.75, 3.05) is 0 Å². The molecule has 0 bridgehead atoms. The molecule has 23 heavy (non-hydrogen) atoms. The number of carbonyl (C=O) groups excluding carboxylic acids is 2. The van der Waals surface area contributed by atoms with Crippen molar-refractivity contribution >= 4 is 22.9 Å². The van der Waals surface area contributed by atoms with Crippen molar-refractivity contribution in [2.24, 2.45) is 0 Å². The number of rotatable bonds is 1. The first-order chi connectivity index (χ1) is 11.0. The quantitative estimate of drug-likeness (QED) is 0.531. The van der Waals surface area contributed by atoms with E-state index in [1.807, 2.05) is 31.2 Å². The zero-order chi connectivity index (χ0) is 16.1. The van der Waals surface area contributed by atoms with Gasteiger partial charge in [-0.3, -0.25) is 9.59 Å². The molecule has 1 aromatic heterocycles. The standard InChI is InChI=1S/C18H10FNO2S/c1-9-2-4-10(5-3-9)18-20-14-15(21)13-8-11(19)6-7-12(13)16(22)17(14)23-18/h2-8H,1H3. The minimum absolute atomic E-state index is 0.0863. The van der Waals surface area contributed by atoms with Crippen molar-refractivity contribution in [3.05, 3.63) is 75.5 Å². The van der Waals surface area contributed by atoms with E-state index in [1.165, 1.54) is 23.5 Å². The number of nitrogens with zero attached hydrogens (tertiary/aromatic N) is 1. The molecule has 3 aromatic rings. The Morgan fingerprint density at radius 1 is 0.957 bits per heavy atom. The molecule has 0 N–H and O–H groups in total. The van der Waals surface area contributed by atoms with Gasteiger partial charge in [-0.2, -0.15) is 0 Å². The smallest absolute Gasteiger partial charge is 0.213 e. The Bertz CT molecular complexity index is 973. The molecule has 1 heterocycles. The van der Waals surface area contributed by atoms with Crippen LogP contribution in [0.4, 0.5) is 4.39 Å². The second-order valence-corrected chi connectivity index (χ2v) is 6.41. The molecule has 0 saturated carbocycles. The lowest BCUT2D eigenvalue weighted by Gasteiger charge is -2.12. The predicted molar refractivity (Wildman–Crippen MR) is 85.6 cm³/mol. The Morgan fingerprint density at radius 3 is 2.43 bits per heavy atom. The van der Waals surface area contributed by atoms with Crippen LogP contribution in [0.2, 0.25) is 0 Å². The van der Waals surface area contributed by atoms with Crippen LogP contribution in [-0.4, -0.2) is 16.6 Å². The summed E-state index contributed by atoms with van der Waals surface area (Å²) in [5, 5.41) is 0.616. The number of aromatic nitrogens is 1. The SMILES string of the molecule is Cc1ccc(-c2nc3c(s2)C(=O)c2ccc(F)cc2C3=O)cc1. The zero-order valence-corrected chi connectivity index (χ0v) is 12.9. The average molecular weight is 323 g/mol. The average Bonchev–Trinajstić information content (AvgIpc) is 2.99. The summed E-state index contributed by atoms with van der Waals surface area (Å²) in [7, 11) is 0. The highest BCUT2D eigenvalue weighted by Gasteiger charge is 2.33. The molecule has 5 heteroatoms. The van der Waals surface area contributed by atoms with E-state index in [0.717, 1.165) is 17.2 Å². The van der Waals surface area contributed by atoms with Crippen LogP contribution in [0.5, 0.6) is 0 Å². The van der Waals surface area contributed by atoms with Gasteiger partial charge in [0.15, 0.2) is 0 Å². The highest BCUT2D eigenvalue weighted by Crippen LogP contribution is 2.35. The van der Waals surface area contributed by atoms with E-state index in [4.69, 9.17) is 0 Å². The van der Waals surface area contributed by atoms with Gasteiger partial charge in [-0.15, -0.1) is 11.3 Å². The van der Waals surface area contributed by atoms with E-state index >= 15 is 0 Å². The Balaban J connectivity index is 1.88. The van der Waals surface area contributed by atoms with Gasteiger partial charge in [0, 0.05) is 16.7 Å². The number of benzene rings is 2. The van der Waals surface area contributed by atoms with Gasteiger partial charge in [0.25, 0.3) is 0 Å². The molecular formula is C18H10FNO2S. The molecule has 0 amide bonds. The Morgan fingerprint density at radius 2 is 1.70 bits per heavy atom. The molecule has 0 atom stereocenters. The summed E-state index contributed by atoms with van der Waals surface area (Å²) in [6, 6.07) is 11.4. The molecule has 4 rings (SSSR count). The van der Waals surface area contributed by atoms with Gasteiger partial charge in [0.05, 0.1) is 0 Å². The van der Waals surface area contributed by atoms with Crippen LogP contribution in [0.15, 0.2) is 42.5 Å². The fourth-order valence-electron chi connectivity index (χ4n) is 2.60. The lowest BCUT2D eigenvalue weighted by atomic mass is 9.91. The lowest BCUT2D eigenvalue weighted by Crippen LogP contribution is -2.19. The molecule has 1 aliphatic rings. The number of aryl methyl sites for hydroxylation is 1. The van der Waals surface area contributed by atoms with Crippen LogP contribution in [0.1, 0.15) is 36.9 Å². The number of ketones is 2. The van der Waals surface area contributed by atoms with E-state index in [-0.39, 0.29) is 22.6 Å². The van der Waals surface area contributed by atoms with E-state index in [1.54, 1.807) is 0 Å². The summed E-state index contributed by atoms with van der Waals surface area (Å²) in [5.74, 6) is -1.21. The molecular weight excluding hydrogens is 313 g/mol. The molecule has 0 spiro atoms. The van der Waals surface area contributed by atoms with Gasteiger partial charge in [0.2, 0.25) is 11.6 Å². The maximum atomic E-state index is 13.4. The number of fused-ring (bicyclic) bond motifs is 2. The van der Waals surface area contributed by atoms with Gasteiger partial charge in [-0.1, -0.05) is 29.8 Å². The largest absolute Gasteiger partial charge is 0.288 e. The van der Waals surface area contributed by atoms with Gasteiger partial charge in [0.1, 0.15) is 21.4 Å². The van der Waals surface area contributed by atoms with Crippen LogP contribution in [0.25, 0.3) is 10.6 Å². The van der Waals surface area contributed by atoms with Crippen LogP contribution >= 0.6 is 11.3 Å². The Hall–Kier alpha value is -2.66. The highest BCUT2D eigenvalue weighted by atomic mass is 32.1. The fraction of sp³-hybridized carbons (Fsp3) is 0.0556. The first-order valence-electron chi connectivity index (χ1n) is 7.01. The number of hydrogen-bond acceptors (Lipinski definition) is 4. The van der Waals surface area contributed by atoms with Crippen LogP contribution in [0.3, 0.4) is 0 Å². The summed E-state index contributed by atoms with van der Waals surface area (Å²) in [4.78, 5) is 29.7. The number of carbonyl (C=O) groups is 2. The maximum absolute atomic E-state index is 13.4. The highest BCUT2D eigenvalue weighted by molar-refractivity contribution is 7.17. The summed E-state index contributed by atoms with van der Waals surface area (Å²) >= 11 is 1.20. The van der Waals surface area contributed by atoms with Gasteiger partial charge in [-0.25, -0.2) is 9.37 Å². The topological polar surface area (TPSA) is 47.0 Å². The Kier molecular flexibility index (Phi) is 2.99. The van der Waals surface area contributed by atoms with Crippen LogP contribution < -0.4 is 0 Å². The monoisotopic (exact) mass is 323 g/mol. The Labute approximate surface area is 135 Å². The van der Waals surface area contributed by atoms with Crippen molar-refractivity contribution in [2.45, 2.75) is 6.92 Å². The molecule has 1 aliphatic carbocycles.